The molecule has 1 N–H and O–H groups in total. The molecule has 1 aromatic heterocycles. The molecule has 0 saturated heterocycles. The number of aromatic nitrogens is 2. The number of nitrogens with one attached hydrogen (secondary N) is 1. The zero-order chi connectivity index (χ0) is 30.0. The lowest BCUT2D eigenvalue weighted by atomic mass is 9.91. The van der Waals surface area contributed by atoms with Crippen LogP contribution in [0.2, 0.25) is 0 Å². The van der Waals surface area contributed by atoms with Gasteiger partial charge in [0.25, 0.3) is 5.56 Å². The van der Waals surface area contributed by atoms with Gasteiger partial charge in [0, 0.05) is 17.2 Å². The second kappa shape index (κ2) is 11.9. The predicted octanol–water partition coefficient (Wildman–Crippen LogP) is 6.44. The number of hydrogen-bond donors (Lipinski definition) is 1. The molecule has 6 rings (SSSR count). The van der Waals surface area contributed by atoms with Gasteiger partial charge in [-0.3, -0.25) is 9.59 Å². The molecule has 0 bridgehead atoms. The fourth-order valence-electron chi connectivity index (χ4n) is 6.61. The van der Waals surface area contributed by atoms with Crippen LogP contribution in [0.15, 0.2) is 99.5 Å². The standard InChI is InChI=1S/C35H37N3O4S/c1-25-19-21-29(22-20-25)43(41,42)32-30(26-13-5-2-6-14-26)31(27-15-7-3-8-16-27)37-38(33(32)39)35(23-11-12-24-35)34(40)36-28-17-9-4-10-18-28/h2-3,5-8,13-16,19-22,28H,4,9-12,17-18,23-24H2,1H3,(H,36,40). The van der Waals surface area contributed by atoms with Gasteiger partial charge in [0.1, 0.15) is 16.1 Å². The van der Waals surface area contributed by atoms with Crippen molar-refractivity contribution in [2.45, 2.75) is 86.1 Å². The van der Waals surface area contributed by atoms with Gasteiger partial charge in [-0.1, -0.05) is 110 Å². The highest BCUT2D eigenvalue weighted by Gasteiger charge is 2.47. The van der Waals surface area contributed by atoms with Crippen LogP contribution in [0.25, 0.3) is 22.4 Å². The van der Waals surface area contributed by atoms with Crippen molar-refractivity contribution in [3.05, 3.63) is 101 Å². The number of rotatable bonds is 7. The molecule has 2 fully saturated rings. The van der Waals surface area contributed by atoms with E-state index in [0.717, 1.165) is 50.5 Å². The molecule has 222 valence electrons. The van der Waals surface area contributed by atoms with Crippen molar-refractivity contribution in [3.63, 3.8) is 0 Å². The van der Waals surface area contributed by atoms with Crippen molar-refractivity contribution < 1.29 is 13.2 Å². The summed E-state index contributed by atoms with van der Waals surface area (Å²) in [6.45, 7) is 1.88. The van der Waals surface area contributed by atoms with E-state index in [4.69, 9.17) is 5.10 Å². The molecule has 0 spiro atoms. The number of hydrogen-bond acceptors (Lipinski definition) is 5. The highest BCUT2D eigenvalue weighted by molar-refractivity contribution is 7.91. The quantitative estimate of drug-likeness (QED) is 0.265. The van der Waals surface area contributed by atoms with Crippen LogP contribution in [0.5, 0.6) is 0 Å². The minimum atomic E-state index is -4.33. The fourth-order valence-corrected chi connectivity index (χ4v) is 8.14. The molecule has 0 atom stereocenters. The second-order valence-electron chi connectivity index (χ2n) is 11.9. The molecular formula is C35H37N3O4S. The lowest BCUT2D eigenvalue weighted by molar-refractivity contribution is -0.131. The maximum atomic E-state index is 14.8. The first kappa shape index (κ1) is 29.1. The molecule has 0 unspecified atom stereocenters. The van der Waals surface area contributed by atoms with Crippen LogP contribution in [0.1, 0.15) is 63.4 Å². The van der Waals surface area contributed by atoms with Crippen LogP contribution >= 0.6 is 0 Å². The topological polar surface area (TPSA) is 98.1 Å². The summed E-state index contributed by atoms with van der Waals surface area (Å²) in [5.74, 6) is -0.239. The van der Waals surface area contributed by atoms with Crippen LogP contribution in [0.4, 0.5) is 0 Å². The van der Waals surface area contributed by atoms with E-state index in [0.29, 0.717) is 29.7 Å². The summed E-state index contributed by atoms with van der Waals surface area (Å²) in [7, 11) is -4.33. The molecular weight excluding hydrogens is 558 g/mol. The Kier molecular flexibility index (Phi) is 8.05. The largest absolute Gasteiger partial charge is 0.351 e. The fraction of sp³-hybridized carbons (Fsp3) is 0.343. The lowest BCUT2D eigenvalue weighted by Gasteiger charge is -2.33. The number of benzene rings is 3. The zero-order valence-electron chi connectivity index (χ0n) is 24.5. The molecule has 2 aliphatic rings. The Bertz CT molecular complexity index is 1770. The molecule has 2 saturated carbocycles. The monoisotopic (exact) mass is 595 g/mol. The molecule has 4 aromatic rings. The minimum Gasteiger partial charge on any atom is -0.351 e. The molecule has 8 heteroatoms. The van der Waals surface area contributed by atoms with Gasteiger partial charge in [0.15, 0.2) is 0 Å². The number of carbonyl (C=O) groups excluding carboxylic acids is 1. The van der Waals surface area contributed by atoms with Gasteiger partial charge in [-0.15, -0.1) is 0 Å². The molecule has 1 amide bonds. The first-order chi connectivity index (χ1) is 20.8. The molecule has 0 aliphatic heterocycles. The van der Waals surface area contributed by atoms with E-state index >= 15 is 0 Å². The maximum absolute atomic E-state index is 14.8. The van der Waals surface area contributed by atoms with Crippen molar-refractivity contribution in [2.24, 2.45) is 0 Å². The van der Waals surface area contributed by atoms with Gasteiger partial charge in [-0.05, 0) is 50.3 Å². The minimum absolute atomic E-state index is 0.0243. The highest BCUT2D eigenvalue weighted by Crippen LogP contribution is 2.41. The Labute approximate surface area is 252 Å². The van der Waals surface area contributed by atoms with Crippen molar-refractivity contribution in [2.75, 3.05) is 0 Å². The van der Waals surface area contributed by atoms with E-state index in [1.807, 2.05) is 55.5 Å². The normalized spacial score (nSPS) is 17.0. The third-order valence-electron chi connectivity index (χ3n) is 8.96. The Morgan fingerprint density at radius 2 is 1.40 bits per heavy atom. The van der Waals surface area contributed by atoms with Crippen molar-refractivity contribution in [1.82, 2.24) is 15.1 Å². The Morgan fingerprint density at radius 3 is 2.00 bits per heavy atom. The van der Waals surface area contributed by atoms with E-state index in [2.05, 4.69) is 5.32 Å². The summed E-state index contributed by atoms with van der Waals surface area (Å²) >= 11 is 0. The Morgan fingerprint density at radius 1 is 0.814 bits per heavy atom. The first-order valence-corrected chi connectivity index (χ1v) is 16.7. The average molecular weight is 596 g/mol. The third-order valence-corrected chi connectivity index (χ3v) is 10.8. The van der Waals surface area contributed by atoms with E-state index in [1.54, 1.807) is 24.3 Å². The molecule has 43 heavy (non-hydrogen) atoms. The Hall–Kier alpha value is -4.04. The molecule has 1 heterocycles. The third kappa shape index (κ3) is 5.44. The van der Waals surface area contributed by atoms with Crippen LogP contribution < -0.4 is 10.9 Å². The van der Waals surface area contributed by atoms with Crippen LogP contribution in [-0.2, 0) is 20.2 Å². The van der Waals surface area contributed by atoms with E-state index in [-0.39, 0.29) is 27.3 Å². The summed E-state index contributed by atoms with van der Waals surface area (Å²) < 4.78 is 30.4. The van der Waals surface area contributed by atoms with Gasteiger partial charge in [0.05, 0.1) is 4.90 Å². The predicted molar refractivity (Wildman–Crippen MR) is 167 cm³/mol. The molecule has 0 radical (unpaired) electrons. The van der Waals surface area contributed by atoms with E-state index in [1.165, 1.54) is 16.8 Å². The number of amides is 1. The van der Waals surface area contributed by atoms with Crippen molar-refractivity contribution >= 4 is 15.7 Å². The summed E-state index contributed by atoms with van der Waals surface area (Å²) in [6, 6.07) is 24.9. The smallest absolute Gasteiger partial charge is 0.287 e. The van der Waals surface area contributed by atoms with Gasteiger partial charge in [0.2, 0.25) is 15.7 Å². The van der Waals surface area contributed by atoms with Crippen LogP contribution in [-0.4, -0.2) is 30.1 Å². The van der Waals surface area contributed by atoms with Gasteiger partial charge in [-0.2, -0.15) is 5.10 Å². The lowest BCUT2D eigenvalue weighted by Crippen LogP contribution is -2.55. The molecule has 2 aliphatic carbocycles. The summed E-state index contributed by atoms with van der Waals surface area (Å²) in [5.41, 5.74) is 0.698. The summed E-state index contributed by atoms with van der Waals surface area (Å²) in [4.78, 5) is 28.6. The zero-order valence-corrected chi connectivity index (χ0v) is 25.3. The van der Waals surface area contributed by atoms with E-state index < -0.39 is 20.9 Å². The summed E-state index contributed by atoms with van der Waals surface area (Å²) in [5, 5.41) is 8.19. The van der Waals surface area contributed by atoms with Gasteiger partial charge < -0.3 is 5.32 Å². The molecule has 7 nitrogen and oxygen atoms in total. The highest BCUT2D eigenvalue weighted by atomic mass is 32.2. The first-order valence-electron chi connectivity index (χ1n) is 15.2. The molecule has 3 aromatic carbocycles. The second-order valence-corrected chi connectivity index (χ2v) is 13.8. The Balaban J connectivity index is 1.66. The van der Waals surface area contributed by atoms with Crippen LogP contribution in [0.3, 0.4) is 0 Å². The number of nitrogens with zero attached hydrogens (tertiary/aromatic N) is 2. The van der Waals surface area contributed by atoms with Gasteiger partial charge >= 0.3 is 0 Å². The maximum Gasteiger partial charge on any atom is 0.287 e. The van der Waals surface area contributed by atoms with Crippen molar-refractivity contribution in [1.29, 1.82) is 0 Å². The van der Waals surface area contributed by atoms with Crippen molar-refractivity contribution in [3.8, 4) is 22.4 Å². The van der Waals surface area contributed by atoms with Gasteiger partial charge in [-0.25, -0.2) is 13.1 Å². The SMILES string of the molecule is Cc1ccc(S(=O)(=O)c2c(-c3ccccc3)c(-c3ccccc3)nn(C3(C(=O)NC4CCCCC4)CCCC3)c2=O)cc1. The number of sulfone groups is 1. The number of carbonyl (C=O) groups is 1. The average Bonchev–Trinajstić information content (AvgIpc) is 3.53. The summed E-state index contributed by atoms with van der Waals surface area (Å²) in [6.07, 6.45) is 7.39. The van der Waals surface area contributed by atoms with E-state index in [9.17, 15) is 18.0 Å². The van der Waals surface area contributed by atoms with Crippen LogP contribution in [0, 0.1) is 6.92 Å². The number of aryl methyl sites for hydroxylation is 1.